The lowest BCUT2D eigenvalue weighted by atomic mass is 10.3. The molecule has 0 atom stereocenters. The monoisotopic (exact) mass is 443 g/mol. The van der Waals surface area contributed by atoms with Gasteiger partial charge in [0, 0.05) is 17.7 Å². The molecule has 108 valence electrons. The third-order valence-electron chi connectivity index (χ3n) is 2.27. The Morgan fingerprint density at radius 3 is 2.40 bits per heavy atom. The highest BCUT2D eigenvalue weighted by molar-refractivity contribution is 9.11. The smallest absolute Gasteiger partial charge is 0.261 e. The van der Waals surface area contributed by atoms with Crippen molar-refractivity contribution in [3.05, 3.63) is 33.0 Å². The first-order chi connectivity index (χ1) is 9.27. The first kappa shape index (κ1) is 15.7. The van der Waals surface area contributed by atoms with Crippen LogP contribution in [-0.4, -0.2) is 23.4 Å². The van der Waals surface area contributed by atoms with Crippen LogP contribution in [0.15, 0.2) is 32.2 Å². The molecule has 0 spiro atoms. The molecule has 2 rings (SSSR count). The van der Waals surface area contributed by atoms with Crippen molar-refractivity contribution in [2.45, 2.75) is 11.5 Å². The Kier molecular flexibility index (Phi) is 4.73. The minimum Gasteiger partial charge on any atom is -0.485 e. The van der Waals surface area contributed by atoms with Gasteiger partial charge in [0.1, 0.15) is 18.1 Å². The second-order valence-corrected chi connectivity index (χ2v) is 8.10. The standard InChI is InChI=1S/C10H8Br2ClN3O3S/c1-16-4-6(14-15-16)5-19-10-8(11)2-7(3-9(10)12)20(13,17)18/h2-4H,5H2,1H3. The summed E-state index contributed by atoms with van der Waals surface area (Å²) < 4.78 is 30.7. The summed E-state index contributed by atoms with van der Waals surface area (Å²) in [5.74, 6) is 0.458. The van der Waals surface area contributed by atoms with Crippen molar-refractivity contribution >= 4 is 51.6 Å². The Hall–Kier alpha value is -0.640. The number of aryl methyl sites for hydroxylation is 1. The number of rotatable bonds is 4. The van der Waals surface area contributed by atoms with Crippen molar-refractivity contribution < 1.29 is 13.2 Å². The van der Waals surface area contributed by atoms with Crippen LogP contribution in [0.25, 0.3) is 0 Å². The zero-order valence-electron chi connectivity index (χ0n) is 10.0. The van der Waals surface area contributed by atoms with Crippen LogP contribution in [0.3, 0.4) is 0 Å². The number of hydrogen-bond acceptors (Lipinski definition) is 5. The predicted molar refractivity (Wildman–Crippen MR) is 80.2 cm³/mol. The molecule has 0 amide bonds. The Morgan fingerprint density at radius 2 is 1.95 bits per heavy atom. The highest BCUT2D eigenvalue weighted by Crippen LogP contribution is 2.37. The van der Waals surface area contributed by atoms with E-state index in [0.29, 0.717) is 20.4 Å². The molecule has 10 heteroatoms. The molecule has 1 aromatic carbocycles. The van der Waals surface area contributed by atoms with Crippen molar-refractivity contribution in [2.24, 2.45) is 7.05 Å². The van der Waals surface area contributed by atoms with Crippen LogP contribution >= 0.6 is 42.5 Å². The molecule has 0 bridgehead atoms. The van der Waals surface area contributed by atoms with E-state index in [1.54, 1.807) is 17.9 Å². The fourth-order valence-electron chi connectivity index (χ4n) is 1.42. The third-order valence-corrected chi connectivity index (χ3v) is 4.78. The summed E-state index contributed by atoms with van der Waals surface area (Å²) in [6.45, 7) is 0.206. The lowest BCUT2D eigenvalue weighted by molar-refractivity contribution is 0.297. The molecule has 0 unspecified atom stereocenters. The van der Waals surface area contributed by atoms with Crippen molar-refractivity contribution in [3.63, 3.8) is 0 Å². The molecular weight excluding hydrogens is 437 g/mol. The molecule has 1 heterocycles. The van der Waals surface area contributed by atoms with Crippen LogP contribution in [0.4, 0.5) is 0 Å². The summed E-state index contributed by atoms with van der Waals surface area (Å²) in [6.07, 6.45) is 1.72. The maximum Gasteiger partial charge on any atom is 0.261 e. The van der Waals surface area contributed by atoms with Gasteiger partial charge in [0.25, 0.3) is 9.05 Å². The number of ether oxygens (including phenoxy) is 1. The number of hydrogen-bond donors (Lipinski definition) is 0. The van der Waals surface area contributed by atoms with Gasteiger partial charge >= 0.3 is 0 Å². The van der Waals surface area contributed by atoms with Crippen molar-refractivity contribution in [3.8, 4) is 5.75 Å². The lowest BCUT2D eigenvalue weighted by Crippen LogP contribution is -1.99. The molecule has 0 saturated heterocycles. The van der Waals surface area contributed by atoms with Crippen LogP contribution in [0, 0.1) is 0 Å². The normalized spacial score (nSPS) is 11.6. The molecule has 1 aromatic heterocycles. The van der Waals surface area contributed by atoms with E-state index in [0.717, 1.165) is 0 Å². The summed E-state index contributed by atoms with van der Waals surface area (Å²) in [4.78, 5) is -0.0234. The van der Waals surface area contributed by atoms with E-state index in [2.05, 4.69) is 42.2 Å². The van der Waals surface area contributed by atoms with Gasteiger partial charge in [-0.25, -0.2) is 8.42 Å². The van der Waals surface area contributed by atoms with Gasteiger partial charge in [0.2, 0.25) is 0 Å². The van der Waals surface area contributed by atoms with Gasteiger partial charge in [-0.1, -0.05) is 5.21 Å². The van der Waals surface area contributed by atoms with Gasteiger partial charge in [0.15, 0.2) is 0 Å². The molecule has 0 saturated carbocycles. The number of halogens is 3. The molecular formula is C10H8Br2ClN3O3S. The maximum atomic E-state index is 11.3. The zero-order valence-corrected chi connectivity index (χ0v) is 14.8. The minimum absolute atomic E-state index is 0.0234. The Morgan fingerprint density at radius 1 is 1.35 bits per heavy atom. The van der Waals surface area contributed by atoms with Crippen molar-refractivity contribution in [2.75, 3.05) is 0 Å². The quantitative estimate of drug-likeness (QED) is 0.677. The Balaban J connectivity index is 2.25. The lowest BCUT2D eigenvalue weighted by Gasteiger charge is -2.10. The molecule has 0 fully saturated rings. The van der Waals surface area contributed by atoms with E-state index in [1.165, 1.54) is 12.1 Å². The average Bonchev–Trinajstić information content (AvgIpc) is 2.72. The molecule has 2 aromatic rings. The van der Waals surface area contributed by atoms with Gasteiger partial charge in [-0.15, -0.1) is 5.10 Å². The highest BCUT2D eigenvalue weighted by Gasteiger charge is 2.16. The average molecular weight is 446 g/mol. The zero-order chi connectivity index (χ0) is 14.9. The van der Waals surface area contributed by atoms with E-state index in [1.807, 2.05) is 0 Å². The van der Waals surface area contributed by atoms with Crippen LogP contribution in [0.1, 0.15) is 5.69 Å². The van der Waals surface area contributed by atoms with Crippen LogP contribution < -0.4 is 4.74 Å². The Bertz CT molecular complexity index is 725. The second-order valence-electron chi connectivity index (χ2n) is 3.83. The third kappa shape index (κ3) is 3.72. The number of aromatic nitrogens is 3. The SMILES string of the molecule is Cn1cc(COc2c(Br)cc(S(=O)(=O)Cl)cc2Br)nn1. The van der Waals surface area contributed by atoms with Crippen LogP contribution in [0.2, 0.25) is 0 Å². The first-order valence-electron chi connectivity index (χ1n) is 5.19. The fourth-order valence-corrected chi connectivity index (χ4v) is 3.93. The number of benzene rings is 1. The van der Waals surface area contributed by atoms with E-state index < -0.39 is 9.05 Å². The van der Waals surface area contributed by atoms with Gasteiger partial charge in [0.05, 0.1) is 20.0 Å². The Labute approximate surface area is 136 Å². The molecule has 0 aliphatic carbocycles. The van der Waals surface area contributed by atoms with Gasteiger partial charge in [-0.3, -0.25) is 4.68 Å². The molecule has 6 nitrogen and oxygen atoms in total. The van der Waals surface area contributed by atoms with E-state index >= 15 is 0 Å². The molecule has 0 aliphatic rings. The summed E-state index contributed by atoms with van der Waals surface area (Å²) in [6, 6.07) is 2.75. The first-order valence-corrected chi connectivity index (χ1v) is 9.08. The van der Waals surface area contributed by atoms with Gasteiger partial charge < -0.3 is 4.74 Å². The van der Waals surface area contributed by atoms with Crippen LogP contribution in [0.5, 0.6) is 5.75 Å². The molecule has 0 aliphatic heterocycles. The summed E-state index contributed by atoms with van der Waals surface area (Å²) in [7, 11) is 3.25. The predicted octanol–water partition coefficient (Wildman–Crippen LogP) is 2.85. The fraction of sp³-hybridized carbons (Fsp3) is 0.200. The topological polar surface area (TPSA) is 74.1 Å². The summed E-state index contributed by atoms with van der Waals surface area (Å²) in [5.41, 5.74) is 0.653. The molecule has 20 heavy (non-hydrogen) atoms. The van der Waals surface area contributed by atoms with E-state index in [-0.39, 0.29) is 11.5 Å². The van der Waals surface area contributed by atoms with Crippen LogP contribution in [-0.2, 0) is 22.7 Å². The van der Waals surface area contributed by atoms with E-state index in [9.17, 15) is 8.42 Å². The van der Waals surface area contributed by atoms with Gasteiger partial charge in [-0.2, -0.15) is 0 Å². The minimum atomic E-state index is -3.80. The number of nitrogens with zero attached hydrogens (tertiary/aromatic N) is 3. The second kappa shape index (κ2) is 6.00. The van der Waals surface area contributed by atoms with Gasteiger partial charge in [-0.05, 0) is 44.0 Å². The van der Waals surface area contributed by atoms with Crippen molar-refractivity contribution in [1.82, 2.24) is 15.0 Å². The molecule has 0 radical (unpaired) electrons. The molecule has 0 N–H and O–H groups in total. The largest absolute Gasteiger partial charge is 0.485 e. The highest BCUT2D eigenvalue weighted by atomic mass is 79.9. The summed E-state index contributed by atoms with van der Waals surface area (Å²) in [5, 5.41) is 7.67. The summed E-state index contributed by atoms with van der Waals surface area (Å²) >= 11 is 6.50. The maximum absolute atomic E-state index is 11.3. The van der Waals surface area contributed by atoms with E-state index in [4.69, 9.17) is 15.4 Å². The van der Waals surface area contributed by atoms with Crippen molar-refractivity contribution in [1.29, 1.82) is 0 Å².